The zero-order chi connectivity index (χ0) is 10.3. The molecule has 1 rings (SSSR count). The molecule has 2 unspecified atom stereocenters. The number of nitrogens with one attached hydrogen (secondary N) is 1. The first-order valence-electron chi connectivity index (χ1n) is 5.11. The van der Waals surface area contributed by atoms with E-state index in [2.05, 4.69) is 5.32 Å². The van der Waals surface area contributed by atoms with Gasteiger partial charge in [-0.15, -0.1) is 0 Å². The number of aliphatic hydroxyl groups is 1. The fourth-order valence-corrected chi connectivity index (χ4v) is 1.48. The Kier molecular flexibility index (Phi) is 6.82. The maximum atomic E-state index is 10.8. The lowest BCUT2D eigenvalue weighted by Gasteiger charge is -2.25. The maximum Gasteiger partial charge on any atom is 0.158 e. The second-order valence-corrected chi connectivity index (χ2v) is 3.16. The number of Topliss-reactive ketones (excluding diaryl/α,β-unsaturated/α-hetero) is 1. The zero-order valence-electron chi connectivity index (χ0n) is 8.84. The van der Waals surface area contributed by atoms with Crippen molar-refractivity contribution >= 4 is 5.78 Å². The number of hydrogen-bond acceptors (Lipinski definition) is 3. The van der Waals surface area contributed by atoms with Crippen molar-refractivity contribution in [2.45, 2.75) is 39.7 Å². The van der Waals surface area contributed by atoms with Gasteiger partial charge in [0.05, 0.1) is 0 Å². The highest BCUT2D eigenvalue weighted by Gasteiger charge is 2.24. The van der Waals surface area contributed by atoms with Gasteiger partial charge in [0.15, 0.2) is 5.78 Å². The van der Waals surface area contributed by atoms with E-state index in [1.165, 1.54) is 6.92 Å². The number of piperidine rings is 1. The molecule has 78 valence electrons. The Hall–Kier alpha value is -0.410. The summed E-state index contributed by atoms with van der Waals surface area (Å²) in [6.45, 7) is 7.24. The molecule has 1 saturated heterocycles. The Morgan fingerprint density at radius 3 is 2.54 bits per heavy atom. The number of carbonyl (C=O) groups is 1. The average Bonchev–Trinajstić information content (AvgIpc) is 2.21. The Balaban J connectivity index is 0.000000671. The van der Waals surface area contributed by atoms with Crippen molar-refractivity contribution in [3.8, 4) is 0 Å². The van der Waals surface area contributed by atoms with E-state index in [4.69, 9.17) is 0 Å². The van der Waals surface area contributed by atoms with Crippen molar-refractivity contribution < 1.29 is 9.90 Å². The van der Waals surface area contributed by atoms with Gasteiger partial charge >= 0.3 is 0 Å². The summed E-state index contributed by atoms with van der Waals surface area (Å²) in [6, 6.07) is 0. The van der Waals surface area contributed by atoms with Crippen LogP contribution in [0.4, 0.5) is 0 Å². The first-order chi connectivity index (χ1) is 6.22. The Morgan fingerprint density at radius 1 is 1.54 bits per heavy atom. The summed E-state index contributed by atoms with van der Waals surface area (Å²) in [6.07, 6.45) is 1.28. The van der Waals surface area contributed by atoms with Gasteiger partial charge < -0.3 is 10.4 Å². The summed E-state index contributed by atoms with van der Waals surface area (Å²) in [4.78, 5) is 10.8. The fourth-order valence-electron chi connectivity index (χ4n) is 1.48. The summed E-state index contributed by atoms with van der Waals surface area (Å²) in [5.41, 5.74) is 0. The summed E-state index contributed by atoms with van der Waals surface area (Å²) < 4.78 is 0. The summed E-state index contributed by atoms with van der Waals surface area (Å²) in [7, 11) is 0. The molecule has 1 fully saturated rings. The molecular formula is C10H21NO2. The highest BCUT2D eigenvalue weighted by Crippen LogP contribution is 2.14. The van der Waals surface area contributed by atoms with Crippen molar-refractivity contribution in [3.63, 3.8) is 0 Å². The summed E-state index contributed by atoms with van der Waals surface area (Å²) >= 11 is 0. The standard InChI is InChI=1S/C8H15NO2.C2H6/c1-6(10)8(11)7-3-2-4-9-5-7;1-2/h7-9,11H,2-5H2,1H3;1-2H3. The third kappa shape index (κ3) is 4.39. The van der Waals surface area contributed by atoms with E-state index in [0.717, 1.165) is 25.9 Å². The van der Waals surface area contributed by atoms with E-state index in [1.54, 1.807) is 0 Å². The van der Waals surface area contributed by atoms with Crippen molar-refractivity contribution in [2.75, 3.05) is 13.1 Å². The second kappa shape index (κ2) is 7.04. The molecule has 0 amide bonds. The smallest absolute Gasteiger partial charge is 0.158 e. The van der Waals surface area contributed by atoms with Crippen LogP contribution in [0, 0.1) is 5.92 Å². The molecule has 2 N–H and O–H groups in total. The highest BCUT2D eigenvalue weighted by atomic mass is 16.3. The predicted molar refractivity (Wildman–Crippen MR) is 53.6 cm³/mol. The third-order valence-corrected chi connectivity index (χ3v) is 2.20. The molecule has 0 spiro atoms. The summed E-state index contributed by atoms with van der Waals surface area (Å²) in [5.74, 6) is 0.0277. The van der Waals surface area contributed by atoms with Crippen LogP contribution in [0.15, 0.2) is 0 Å². The van der Waals surface area contributed by atoms with E-state index in [1.807, 2.05) is 13.8 Å². The fraction of sp³-hybridized carbons (Fsp3) is 0.900. The van der Waals surface area contributed by atoms with Crippen LogP contribution in [0.25, 0.3) is 0 Å². The molecular weight excluding hydrogens is 166 g/mol. The van der Waals surface area contributed by atoms with Crippen molar-refractivity contribution in [1.29, 1.82) is 0 Å². The van der Waals surface area contributed by atoms with Crippen LogP contribution < -0.4 is 5.32 Å². The lowest BCUT2D eigenvalue weighted by molar-refractivity contribution is -0.127. The van der Waals surface area contributed by atoms with Crippen LogP contribution in [0.5, 0.6) is 0 Å². The van der Waals surface area contributed by atoms with Gasteiger partial charge in [-0.2, -0.15) is 0 Å². The van der Waals surface area contributed by atoms with Gasteiger partial charge in [0.2, 0.25) is 0 Å². The van der Waals surface area contributed by atoms with Crippen LogP contribution >= 0.6 is 0 Å². The highest BCUT2D eigenvalue weighted by molar-refractivity contribution is 5.80. The SMILES string of the molecule is CC.CC(=O)C(O)C1CCCNC1. The Bertz CT molecular complexity index is 142. The number of ketones is 1. The summed E-state index contributed by atoms with van der Waals surface area (Å²) in [5, 5.41) is 12.5. The van der Waals surface area contributed by atoms with Crippen LogP contribution in [-0.4, -0.2) is 30.1 Å². The van der Waals surface area contributed by atoms with E-state index < -0.39 is 6.10 Å². The van der Waals surface area contributed by atoms with Gasteiger partial charge in [0, 0.05) is 12.5 Å². The first-order valence-corrected chi connectivity index (χ1v) is 5.11. The number of hydrogen-bond donors (Lipinski definition) is 2. The molecule has 1 heterocycles. The minimum absolute atomic E-state index is 0.112. The molecule has 3 heteroatoms. The molecule has 1 aliphatic rings. The molecule has 0 aromatic carbocycles. The minimum atomic E-state index is -0.747. The van der Waals surface area contributed by atoms with Crippen LogP contribution in [-0.2, 0) is 4.79 Å². The Labute approximate surface area is 80.5 Å². The van der Waals surface area contributed by atoms with Crippen LogP contribution in [0.3, 0.4) is 0 Å². The van der Waals surface area contributed by atoms with Gasteiger partial charge in [0.1, 0.15) is 6.10 Å². The molecule has 0 radical (unpaired) electrons. The van der Waals surface area contributed by atoms with E-state index >= 15 is 0 Å². The lowest BCUT2D eigenvalue weighted by atomic mass is 9.92. The first kappa shape index (κ1) is 12.6. The molecule has 3 nitrogen and oxygen atoms in total. The molecule has 0 saturated carbocycles. The largest absolute Gasteiger partial charge is 0.385 e. The van der Waals surface area contributed by atoms with Crippen molar-refractivity contribution in [3.05, 3.63) is 0 Å². The van der Waals surface area contributed by atoms with Gasteiger partial charge in [0.25, 0.3) is 0 Å². The zero-order valence-corrected chi connectivity index (χ0v) is 8.84. The molecule has 0 aromatic heterocycles. The molecule has 0 aromatic rings. The topological polar surface area (TPSA) is 49.3 Å². The number of carbonyl (C=O) groups excluding carboxylic acids is 1. The molecule has 2 atom stereocenters. The van der Waals surface area contributed by atoms with Crippen LogP contribution in [0.1, 0.15) is 33.6 Å². The average molecular weight is 187 g/mol. The number of rotatable bonds is 2. The van der Waals surface area contributed by atoms with E-state index in [9.17, 15) is 9.90 Å². The molecule has 13 heavy (non-hydrogen) atoms. The second-order valence-electron chi connectivity index (χ2n) is 3.16. The lowest BCUT2D eigenvalue weighted by Crippen LogP contribution is -2.39. The van der Waals surface area contributed by atoms with Gasteiger partial charge in [-0.3, -0.25) is 4.79 Å². The molecule has 1 aliphatic heterocycles. The molecule has 0 bridgehead atoms. The predicted octanol–water partition coefficient (Wildman–Crippen LogP) is 0.962. The Morgan fingerprint density at radius 2 is 2.15 bits per heavy atom. The molecule has 0 aliphatic carbocycles. The normalized spacial score (nSPS) is 24.2. The van der Waals surface area contributed by atoms with Crippen molar-refractivity contribution in [2.24, 2.45) is 5.92 Å². The van der Waals surface area contributed by atoms with E-state index in [0.29, 0.717) is 0 Å². The van der Waals surface area contributed by atoms with Gasteiger partial charge in [-0.1, -0.05) is 13.8 Å². The van der Waals surface area contributed by atoms with E-state index in [-0.39, 0.29) is 11.7 Å². The van der Waals surface area contributed by atoms with Gasteiger partial charge in [-0.05, 0) is 26.3 Å². The third-order valence-electron chi connectivity index (χ3n) is 2.20. The maximum absolute atomic E-state index is 10.8. The minimum Gasteiger partial charge on any atom is -0.385 e. The monoisotopic (exact) mass is 187 g/mol. The van der Waals surface area contributed by atoms with Gasteiger partial charge in [-0.25, -0.2) is 0 Å². The quantitative estimate of drug-likeness (QED) is 0.677. The van der Waals surface area contributed by atoms with Crippen LogP contribution in [0.2, 0.25) is 0 Å². The van der Waals surface area contributed by atoms with Crippen molar-refractivity contribution in [1.82, 2.24) is 5.32 Å². The number of aliphatic hydroxyl groups excluding tert-OH is 1.